The molecule has 0 aliphatic heterocycles. The summed E-state index contributed by atoms with van der Waals surface area (Å²) < 4.78 is 14.3. The van der Waals surface area contributed by atoms with Crippen molar-refractivity contribution in [3.05, 3.63) is 70.0 Å². The Kier molecular flexibility index (Phi) is 7.04. The van der Waals surface area contributed by atoms with Crippen LogP contribution in [0.25, 0.3) is 0 Å². The number of rotatable bonds is 8. The van der Waals surface area contributed by atoms with E-state index in [2.05, 4.69) is 31.2 Å². The molecule has 0 amide bonds. The first-order chi connectivity index (χ1) is 13.2. The molecule has 0 saturated carbocycles. The Morgan fingerprint density at radius 1 is 1.00 bits per heavy atom. The normalized spacial score (nSPS) is 16.0. The van der Waals surface area contributed by atoms with Gasteiger partial charge in [0.2, 0.25) is 0 Å². The van der Waals surface area contributed by atoms with Crippen molar-refractivity contribution in [2.24, 2.45) is 5.92 Å². The van der Waals surface area contributed by atoms with Crippen molar-refractivity contribution in [1.82, 2.24) is 0 Å². The Morgan fingerprint density at radius 3 is 2.44 bits per heavy atom. The number of hydrogen-bond donors (Lipinski definition) is 0. The van der Waals surface area contributed by atoms with E-state index in [1.54, 1.807) is 6.07 Å². The van der Waals surface area contributed by atoms with Crippen molar-refractivity contribution in [3.8, 4) is 6.07 Å². The van der Waals surface area contributed by atoms with Crippen molar-refractivity contribution in [2.45, 2.75) is 71.1 Å². The van der Waals surface area contributed by atoms with E-state index in [1.165, 1.54) is 43.2 Å². The molecular weight excluding hydrogens is 333 g/mol. The number of aryl methyl sites for hydroxylation is 2. The Hall–Kier alpha value is -2.14. The van der Waals surface area contributed by atoms with Gasteiger partial charge in [-0.05, 0) is 79.2 Å². The van der Waals surface area contributed by atoms with Gasteiger partial charge in [0.1, 0.15) is 11.9 Å². The lowest BCUT2D eigenvalue weighted by Gasteiger charge is -2.25. The molecule has 3 rings (SSSR count). The van der Waals surface area contributed by atoms with Crippen LogP contribution in [0, 0.1) is 23.1 Å². The molecule has 0 bridgehead atoms. The summed E-state index contributed by atoms with van der Waals surface area (Å²) in [6.07, 6.45) is 11.4. The standard InChI is InChI=1S/C25H30FN/c1-2-3-4-5-6-19-7-9-20(10-8-19)11-12-21-13-16-24-22(17-21)14-15-23(18-27)25(24)26/h7-10,14-15,21H,2-6,11-13,16-17H2,1H3. The van der Waals surface area contributed by atoms with Gasteiger partial charge in [-0.25, -0.2) is 4.39 Å². The van der Waals surface area contributed by atoms with Crippen LogP contribution in [0.1, 0.15) is 73.3 Å². The van der Waals surface area contributed by atoms with Crippen LogP contribution in [0.2, 0.25) is 0 Å². The zero-order valence-electron chi connectivity index (χ0n) is 16.4. The fraction of sp³-hybridized carbons (Fsp3) is 0.480. The summed E-state index contributed by atoms with van der Waals surface area (Å²) >= 11 is 0. The lowest BCUT2D eigenvalue weighted by Crippen LogP contribution is -2.17. The van der Waals surface area contributed by atoms with Gasteiger partial charge in [0.05, 0.1) is 5.56 Å². The van der Waals surface area contributed by atoms with Gasteiger partial charge in [0.25, 0.3) is 0 Å². The number of halogens is 1. The topological polar surface area (TPSA) is 23.8 Å². The lowest BCUT2D eigenvalue weighted by atomic mass is 9.80. The van der Waals surface area contributed by atoms with Crippen molar-refractivity contribution in [1.29, 1.82) is 5.26 Å². The predicted molar refractivity (Wildman–Crippen MR) is 109 cm³/mol. The smallest absolute Gasteiger partial charge is 0.144 e. The van der Waals surface area contributed by atoms with Gasteiger partial charge >= 0.3 is 0 Å². The van der Waals surface area contributed by atoms with Crippen LogP contribution in [0.3, 0.4) is 0 Å². The van der Waals surface area contributed by atoms with Gasteiger partial charge in [-0.2, -0.15) is 5.26 Å². The second-order valence-corrected chi connectivity index (χ2v) is 7.95. The Balaban J connectivity index is 1.50. The predicted octanol–water partition coefficient (Wildman–Crippen LogP) is 6.56. The van der Waals surface area contributed by atoms with Gasteiger partial charge in [-0.3, -0.25) is 0 Å². The molecule has 0 saturated heterocycles. The molecule has 1 unspecified atom stereocenters. The van der Waals surface area contributed by atoms with Crippen LogP contribution < -0.4 is 0 Å². The van der Waals surface area contributed by atoms with Gasteiger partial charge < -0.3 is 0 Å². The zero-order chi connectivity index (χ0) is 19.1. The number of benzene rings is 2. The van der Waals surface area contributed by atoms with Gasteiger partial charge in [0, 0.05) is 0 Å². The van der Waals surface area contributed by atoms with E-state index in [-0.39, 0.29) is 11.4 Å². The number of fused-ring (bicyclic) bond motifs is 1. The minimum Gasteiger partial charge on any atom is -0.205 e. The summed E-state index contributed by atoms with van der Waals surface area (Å²) in [6.45, 7) is 2.25. The summed E-state index contributed by atoms with van der Waals surface area (Å²) in [5, 5.41) is 8.98. The third-order valence-corrected chi connectivity index (χ3v) is 5.96. The van der Waals surface area contributed by atoms with E-state index in [1.807, 2.05) is 12.1 Å². The van der Waals surface area contributed by atoms with E-state index < -0.39 is 0 Å². The molecule has 2 aromatic carbocycles. The minimum absolute atomic E-state index is 0.182. The first-order valence-electron chi connectivity index (χ1n) is 10.5. The molecule has 0 aromatic heterocycles. The molecule has 2 aromatic rings. The van der Waals surface area contributed by atoms with Crippen molar-refractivity contribution in [3.63, 3.8) is 0 Å². The molecule has 1 aliphatic carbocycles. The van der Waals surface area contributed by atoms with E-state index in [9.17, 15) is 4.39 Å². The van der Waals surface area contributed by atoms with Crippen LogP contribution in [0.5, 0.6) is 0 Å². The molecule has 1 atom stereocenters. The average Bonchev–Trinajstić information content (AvgIpc) is 2.71. The highest BCUT2D eigenvalue weighted by Gasteiger charge is 2.22. The molecule has 0 fully saturated rings. The fourth-order valence-electron chi connectivity index (χ4n) is 4.22. The van der Waals surface area contributed by atoms with Gasteiger partial charge in [-0.1, -0.05) is 56.5 Å². The van der Waals surface area contributed by atoms with E-state index in [4.69, 9.17) is 5.26 Å². The quantitative estimate of drug-likeness (QED) is 0.487. The highest BCUT2D eigenvalue weighted by atomic mass is 19.1. The molecule has 0 radical (unpaired) electrons. The summed E-state index contributed by atoms with van der Waals surface area (Å²) in [5.41, 5.74) is 4.92. The van der Waals surface area contributed by atoms with Crippen LogP contribution in [0.4, 0.5) is 4.39 Å². The third kappa shape index (κ3) is 5.19. The first-order valence-corrected chi connectivity index (χ1v) is 10.5. The summed E-state index contributed by atoms with van der Waals surface area (Å²) in [6, 6.07) is 14.7. The molecule has 1 aliphatic rings. The highest BCUT2D eigenvalue weighted by Crippen LogP contribution is 2.31. The Labute approximate surface area is 163 Å². The van der Waals surface area contributed by atoms with Crippen LogP contribution >= 0.6 is 0 Å². The molecule has 0 N–H and O–H groups in total. The van der Waals surface area contributed by atoms with Crippen molar-refractivity contribution in [2.75, 3.05) is 0 Å². The number of nitriles is 1. The Morgan fingerprint density at radius 2 is 1.74 bits per heavy atom. The first kappa shape index (κ1) is 19.6. The maximum atomic E-state index is 14.3. The van der Waals surface area contributed by atoms with Crippen LogP contribution in [-0.2, 0) is 25.7 Å². The summed E-state index contributed by atoms with van der Waals surface area (Å²) in [4.78, 5) is 0. The van der Waals surface area contributed by atoms with Gasteiger partial charge in [0.15, 0.2) is 0 Å². The average molecular weight is 364 g/mol. The Bertz CT molecular complexity index is 785. The van der Waals surface area contributed by atoms with Crippen LogP contribution in [-0.4, -0.2) is 0 Å². The highest BCUT2D eigenvalue weighted by molar-refractivity contribution is 5.41. The third-order valence-electron chi connectivity index (χ3n) is 5.96. The molecule has 27 heavy (non-hydrogen) atoms. The van der Waals surface area contributed by atoms with Crippen LogP contribution in [0.15, 0.2) is 36.4 Å². The molecular formula is C25H30FN. The van der Waals surface area contributed by atoms with E-state index >= 15 is 0 Å². The second-order valence-electron chi connectivity index (χ2n) is 7.95. The maximum absolute atomic E-state index is 14.3. The monoisotopic (exact) mass is 363 g/mol. The zero-order valence-corrected chi connectivity index (χ0v) is 16.4. The van der Waals surface area contributed by atoms with Crippen molar-refractivity contribution >= 4 is 0 Å². The molecule has 142 valence electrons. The summed E-state index contributed by atoms with van der Waals surface area (Å²) in [7, 11) is 0. The van der Waals surface area contributed by atoms with Gasteiger partial charge in [-0.15, -0.1) is 0 Å². The molecule has 0 heterocycles. The second kappa shape index (κ2) is 9.70. The SMILES string of the molecule is CCCCCCc1ccc(CCC2CCc3c(ccc(C#N)c3F)C2)cc1. The fourth-order valence-corrected chi connectivity index (χ4v) is 4.22. The summed E-state index contributed by atoms with van der Waals surface area (Å²) in [5.74, 6) is 0.321. The van der Waals surface area contributed by atoms with Crippen molar-refractivity contribution < 1.29 is 4.39 Å². The largest absolute Gasteiger partial charge is 0.205 e. The lowest BCUT2D eigenvalue weighted by molar-refractivity contribution is 0.418. The van der Waals surface area contributed by atoms with E-state index in [0.717, 1.165) is 43.2 Å². The minimum atomic E-state index is -0.289. The number of nitrogens with zero attached hydrogens (tertiary/aromatic N) is 1. The molecule has 1 nitrogen and oxygen atoms in total. The van der Waals surface area contributed by atoms with E-state index in [0.29, 0.717) is 5.92 Å². The molecule has 0 spiro atoms. The number of unbranched alkanes of at least 4 members (excludes halogenated alkanes) is 3. The molecule has 2 heteroatoms. The maximum Gasteiger partial charge on any atom is 0.144 e. The number of hydrogen-bond acceptors (Lipinski definition) is 1.